The minimum atomic E-state index is -0.162. The van der Waals surface area contributed by atoms with E-state index in [9.17, 15) is 4.79 Å². The molecule has 1 N–H and O–H groups in total. The van der Waals surface area contributed by atoms with Crippen molar-refractivity contribution in [3.63, 3.8) is 0 Å². The molecule has 0 spiro atoms. The fourth-order valence-electron chi connectivity index (χ4n) is 3.92. The third kappa shape index (κ3) is 3.59. The fourth-order valence-corrected chi connectivity index (χ4v) is 4.13. The molecular formula is C23H23ClN6O. The first-order chi connectivity index (χ1) is 15.1. The number of rotatable bonds is 6. The van der Waals surface area contributed by atoms with E-state index >= 15 is 0 Å². The van der Waals surface area contributed by atoms with E-state index < -0.39 is 0 Å². The van der Waals surface area contributed by atoms with Gasteiger partial charge in [0.05, 0.1) is 45.8 Å². The van der Waals surface area contributed by atoms with Gasteiger partial charge in [-0.2, -0.15) is 10.2 Å². The highest BCUT2D eigenvalue weighted by atomic mass is 35.5. The van der Waals surface area contributed by atoms with Gasteiger partial charge in [0.1, 0.15) is 0 Å². The number of hydrogen-bond acceptors (Lipinski definition) is 4. The summed E-state index contributed by atoms with van der Waals surface area (Å²) < 4.78 is 3.62. The summed E-state index contributed by atoms with van der Waals surface area (Å²) in [6.07, 6.45) is 3.81. The highest BCUT2D eigenvalue weighted by Gasteiger charge is 2.29. The number of benzene rings is 1. The second-order valence-electron chi connectivity index (χ2n) is 7.84. The molecular weight excluding hydrogens is 412 g/mol. The quantitative estimate of drug-likeness (QED) is 0.487. The molecule has 8 heteroatoms. The van der Waals surface area contributed by atoms with Crippen LogP contribution in [0.2, 0.25) is 5.02 Å². The molecule has 5 rings (SSSR count). The molecule has 1 amide bonds. The predicted octanol–water partition coefficient (Wildman–Crippen LogP) is 4.41. The second kappa shape index (κ2) is 7.81. The average molecular weight is 435 g/mol. The van der Waals surface area contributed by atoms with Crippen molar-refractivity contribution in [1.29, 1.82) is 0 Å². The lowest BCUT2D eigenvalue weighted by atomic mass is 10.1. The van der Waals surface area contributed by atoms with E-state index in [0.29, 0.717) is 29.6 Å². The van der Waals surface area contributed by atoms with Crippen LogP contribution in [0.15, 0.2) is 42.6 Å². The van der Waals surface area contributed by atoms with E-state index in [-0.39, 0.29) is 5.91 Å². The number of nitrogens with zero attached hydrogens (tertiary/aromatic N) is 5. The Balaban J connectivity index is 1.57. The van der Waals surface area contributed by atoms with Gasteiger partial charge < -0.3 is 5.32 Å². The first-order valence-electron chi connectivity index (χ1n) is 10.5. The molecule has 4 aromatic rings. The lowest BCUT2D eigenvalue weighted by molar-refractivity contribution is 0.0951. The predicted molar refractivity (Wildman–Crippen MR) is 120 cm³/mol. The number of aromatic nitrogens is 5. The van der Waals surface area contributed by atoms with Crippen LogP contribution in [0.25, 0.3) is 16.7 Å². The Morgan fingerprint density at radius 3 is 2.74 bits per heavy atom. The molecule has 158 valence electrons. The van der Waals surface area contributed by atoms with Crippen LogP contribution in [-0.2, 0) is 13.1 Å². The Morgan fingerprint density at radius 1 is 1.26 bits per heavy atom. The number of pyridine rings is 1. The molecule has 0 radical (unpaired) electrons. The number of nitrogens with one attached hydrogen (secondary N) is 1. The maximum Gasteiger partial charge on any atom is 0.252 e. The molecule has 0 unspecified atom stereocenters. The van der Waals surface area contributed by atoms with Gasteiger partial charge in [0.15, 0.2) is 5.65 Å². The fraction of sp³-hybridized carbons (Fsp3) is 0.304. The van der Waals surface area contributed by atoms with Crippen LogP contribution >= 0.6 is 11.6 Å². The van der Waals surface area contributed by atoms with Crippen LogP contribution < -0.4 is 5.32 Å². The molecule has 0 saturated heterocycles. The minimum Gasteiger partial charge on any atom is -0.346 e. The summed E-state index contributed by atoms with van der Waals surface area (Å²) in [5, 5.41) is 13.3. The number of fused-ring (bicyclic) bond motifs is 1. The van der Waals surface area contributed by atoms with Crippen molar-refractivity contribution >= 4 is 28.5 Å². The van der Waals surface area contributed by atoms with Gasteiger partial charge in [-0.3, -0.25) is 9.48 Å². The highest BCUT2D eigenvalue weighted by Crippen LogP contribution is 2.40. The van der Waals surface area contributed by atoms with E-state index in [1.54, 1.807) is 10.9 Å². The third-order valence-electron chi connectivity index (χ3n) is 5.69. The zero-order chi connectivity index (χ0) is 21.5. The molecule has 1 aliphatic rings. The Bertz CT molecular complexity index is 1270. The molecule has 1 saturated carbocycles. The molecule has 31 heavy (non-hydrogen) atoms. The summed E-state index contributed by atoms with van der Waals surface area (Å²) in [6, 6.07) is 11.8. The van der Waals surface area contributed by atoms with Gasteiger partial charge in [-0.15, -0.1) is 0 Å². The summed E-state index contributed by atoms with van der Waals surface area (Å²) >= 11 is 6.26. The van der Waals surface area contributed by atoms with Crippen molar-refractivity contribution in [2.24, 2.45) is 0 Å². The van der Waals surface area contributed by atoms with Gasteiger partial charge in [0, 0.05) is 18.2 Å². The second-order valence-corrected chi connectivity index (χ2v) is 8.25. The van der Waals surface area contributed by atoms with E-state index in [2.05, 4.69) is 10.4 Å². The Kier molecular flexibility index (Phi) is 4.98. The standard InChI is InChI=1S/C23H23ClN6O/c1-3-29-20(18(24)12-26-29)13-25-23(31)17-11-19(15-9-10-15)27-22-21(17)14(2)28-30(22)16-7-5-4-6-8-16/h4-8,11-12,15H,3,9-10,13H2,1-2H3,(H,25,31). The van der Waals surface area contributed by atoms with Gasteiger partial charge in [0.25, 0.3) is 5.91 Å². The summed E-state index contributed by atoms with van der Waals surface area (Å²) in [5.74, 6) is 0.247. The molecule has 3 aromatic heterocycles. The van der Waals surface area contributed by atoms with Crippen molar-refractivity contribution in [2.45, 2.75) is 45.7 Å². The van der Waals surface area contributed by atoms with Gasteiger partial charge in [-0.25, -0.2) is 9.67 Å². The smallest absolute Gasteiger partial charge is 0.252 e. The maximum absolute atomic E-state index is 13.3. The Morgan fingerprint density at radius 2 is 2.03 bits per heavy atom. The number of carbonyl (C=O) groups excluding carboxylic acids is 1. The van der Waals surface area contributed by atoms with Crippen LogP contribution in [-0.4, -0.2) is 30.5 Å². The van der Waals surface area contributed by atoms with Crippen molar-refractivity contribution in [3.8, 4) is 5.69 Å². The number of amides is 1. The summed E-state index contributed by atoms with van der Waals surface area (Å²) in [5.41, 5.74) is 4.76. The van der Waals surface area contributed by atoms with Gasteiger partial charge in [0.2, 0.25) is 0 Å². The molecule has 0 aliphatic heterocycles. The van der Waals surface area contributed by atoms with Gasteiger partial charge in [-0.05, 0) is 44.9 Å². The maximum atomic E-state index is 13.3. The number of para-hydroxylation sites is 1. The molecule has 1 fully saturated rings. The monoisotopic (exact) mass is 434 g/mol. The lowest BCUT2D eigenvalue weighted by Gasteiger charge is -2.11. The van der Waals surface area contributed by atoms with Crippen LogP contribution in [0.4, 0.5) is 0 Å². The normalized spacial score (nSPS) is 13.6. The molecule has 7 nitrogen and oxygen atoms in total. The minimum absolute atomic E-state index is 0.162. The number of aryl methyl sites for hydroxylation is 2. The van der Waals surface area contributed by atoms with Crippen molar-refractivity contribution in [2.75, 3.05) is 0 Å². The third-order valence-corrected chi connectivity index (χ3v) is 6.00. The largest absolute Gasteiger partial charge is 0.346 e. The van der Waals surface area contributed by atoms with Gasteiger partial charge >= 0.3 is 0 Å². The number of carbonyl (C=O) groups is 1. The lowest BCUT2D eigenvalue weighted by Crippen LogP contribution is -2.25. The average Bonchev–Trinajstić information content (AvgIpc) is 3.51. The number of halogens is 1. The molecule has 0 atom stereocenters. The van der Waals surface area contributed by atoms with Crippen molar-refractivity contribution in [1.82, 2.24) is 29.9 Å². The van der Waals surface area contributed by atoms with Crippen LogP contribution in [0, 0.1) is 6.92 Å². The highest BCUT2D eigenvalue weighted by molar-refractivity contribution is 6.31. The van der Waals surface area contributed by atoms with Gasteiger partial charge in [-0.1, -0.05) is 29.8 Å². The molecule has 1 aliphatic carbocycles. The topological polar surface area (TPSA) is 77.6 Å². The summed E-state index contributed by atoms with van der Waals surface area (Å²) in [7, 11) is 0. The van der Waals surface area contributed by atoms with Crippen LogP contribution in [0.3, 0.4) is 0 Å². The number of hydrogen-bond donors (Lipinski definition) is 1. The first-order valence-corrected chi connectivity index (χ1v) is 10.9. The zero-order valence-electron chi connectivity index (χ0n) is 17.5. The Labute approximate surface area is 185 Å². The SMILES string of the molecule is CCn1ncc(Cl)c1CNC(=O)c1cc(C2CC2)nc2c1c(C)nn2-c1ccccc1. The first kappa shape index (κ1) is 19.8. The molecule has 3 heterocycles. The summed E-state index contributed by atoms with van der Waals surface area (Å²) in [6.45, 7) is 4.90. The van der Waals surface area contributed by atoms with E-state index in [1.807, 2.05) is 54.9 Å². The zero-order valence-corrected chi connectivity index (χ0v) is 18.2. The molecule has 0 bridgehead atoms. The Hall–Kier alpha value is -3.19. The molecule has 1 aromatic carbocycles. The van der Waals surface area contributed by atoms with Crippen LogP contribution in [0.1, 0.15) is 53.1 Å². The van der Waals surface area contributed by atoms with E-state index in [1.165, 1.54) is 0 Å². The van der Waals surface area contributed by atoms with E-state index in [4.69, 9.17) is 21.7 Å². The van der Waals surface area contributed by atoms with E-state index in [0.717, 1.165) is 46.6 Å². The summed E-state index contributed by atoms with van der Waals surface area (Å²) in [4.78, 5) is 18.2. The van der Waals surface area contributed by atoms with Crippen LogP contribution in [0.5, 0.6) is 0 Å². The van der Waals surface area contributed by atoms with Crippen molar-refractivity contribution in [3.05, 3.63) is 70.3 Å². The van der Waals surface area contributed by atoms with Crippen molar-refractivity contribution < 1.29 is 4.79 Å².